The van der Waals surface area contributed by atoms with E-state index in [0.29, 0.717) is 33.9 Å². The van der Waals surface area contributed by atoms with Crippen LogP contribution in [0.4, 0.5) is 0 Å². The van der Waals surface area contributed by atoms with Crippen molar-refractivity contribution >= 4 is 71.4 Å². The lowest BCUT2D eigenvalue weighted by Gasteiger charge is -2.40. The van der Waals surface area contributed by atoms with Crippen molar-refractivity contribution < 1.29 is 19.2 Å². The molecule has 12 nitrogen and oxygen atoms in total. The van der Waals surface area contributed by atoms with Gasteiger partial charge >= 0.3 is 5.63 Å². The maximum atomic E-state index is 13.6. The molecule has 38 heavy (non-hydrogen) atoms. The molecule has 2 amide bonds. The van der Waals surface area contributed by atoms with E-state index in [1.54, 1.807) is 24.4 Å². The summed E-state index contributed by atoms with van der Waals surface area (Å²) in [6.45, 7) is 0.295. The first-order valence-corrected chi connectivity index (χ1v) is 13.2. The van der Waals surface area contributed by atoms with Gasteiger partial charge in [-0.3, -0.25) is 14.6 Å². The average Bonchev–Trinajstić information content (AvgIpc) is 3.46. The summed E-state index contributed by atoms with van der Waals surface area (Å²) in [5.74, 6) is -1.15. The van der Waals surface area contributed by atoms with E-state index in [4.69, 9.17) is 16.0 Å². The van der Waals surface area contributed by atoms with Crippen LogP contribution in [0.3, 0.4) is 0 Å². The normalized spacial score (nSPS) is 19.2. The third-order valence-electron chi connectivity index (χ3n) is 6.60. The smallest absolute Gasteiger partial charge is 0.365 e. The second-order valence-corrected chi connectivity index (χ2v) is 10.7. The number of nitrogens with zero attached hydrogens (tertiary/aromatic N) is 1. The summed E-state index contributed by atoms with van der Waals surface area (Å²) in [6.07, 6.45) is 2.31. The molecule has 9 N–H and O–H groups in total. The summed E-state index contributed by atoms with van der Waals surface area (Å²) in [6, 6.07) is 6.19. The van der Waals surface area contributed by atoms with Gasteiger partial charge in [-0.25, -0.2) is 9.95 Å². The van der Waals surface area contributed by atoms with Crippen LogP contribution in [0.15, 0.2) is 59.8 Å². The minimum Gasteiger partial charge on any atom is -0.377 e. The molecule has 3 heterocycles. The third kappa shape index (κ3) is 4.37. The predicted molar refractivity (Wildman–Crippen MR) is 147 cm³/mol. The first-order chi connectivity index (χ1) is 18.1. The number of nitrogens with one attached hydrogen (secondary N) is 4. The van der Waals surface area contributed by atoms with Gasteiger partial charge in [-0.1, -0.05) is 37.9 Å². The van der Waals surface area contributed by atoms with Crippen LogP contribution in [0.5, 0.6) is 0 Å². The number of H-pyrrole nitrogens is 2. The molecule has 0 radical (unpaired) electrons. The molecule has 3 atom stereocenters. The summed E-state index contributed by atoms with van der Waals surface area (Å²) in [7, 11) is 0. The van der Waals surface area contributed by atoms with Gasteiger partial charge < -0.3 is 36.7 Å². The number of carbonyl (C=O) groups excluding carboxylic acids is 2. The molecule has 4 aromatic rings. The fourth-order valence-electron chi connectivity index (χ4n) is 4.86. The van der Waals surface area contributed by atoms with E-state index < -0.39 is 35.1 Å². The SMILES string of the molecule is NC(N)=NCCC[C@@H]1NC(=O)[C@H](C(O)(c2c[nH]c3cc(Br)ccc23)c2c(Br)ccc3c(=O)o[nH]c23)NC1=O. The van der Waals surface area contributed by atoms with Crippen LogP contribution in [0.1, 0.15) is 24.0 Å². The van der Waals surface area contributed by atoms with Crippen LogP contribution < -0.4 is 27.7 Å². The van der Waals surface area contributed by atoms with Crippen molar-refractivity contribution in [1.29, 1.82) is 0 Å². The molecule has 1 fully saturated rings. The lowest BCUT2D eigenvalue weighted by atomic mass is 9.77. The number of amides is 2. The summed E-state index contributed by atoms with van der Waals surface area (Å²) < 4.78 is 6.20. The van der Waals surface area contributed by atoms with Gasteiger partial charge in [-0.2, -0.15) is 0 Å². The number of aliphatic imine (C=N–C) groups is 1. The average molecular weight is 649 g/mol. The lowest BCUT2D eigenvalue weighted by Crippen LogP contribution is -2.68. The molecule has 1 saturated heterocycles. The van der Waals surface area contributed by atoms with Crippen molar-refractivity contribution in [1.82, 2.24) is 20.8 Å². The highest BCUT2D eigenvalue weighted by Gasteiger charge is 2.52. The Labute approximate surface area is 231 Å². The number of benzene rings is 2. The van der Waals surface area contributed by atoms with E-state index in [9.17, 15) is 19.5 Å². The van der Waals surface area contributed by atoms with Crippen LogP contribution in [0, 0.1) is 0 Å². The Hall–Kier alpha value is -3.62. The number of hydrogen-bond donors (Lipinski definition) is 7. The number of carbonyl (C=O) groups is 2. The number of guanidine groups is 1. The zero-order valence-electron chi connectivity index (χ0n) is 19.7. The fourth-order valence-corrected chi connectivity index (χ4v) is 5.85. The van der Waals surface area contributed by atoms with Gasteiger partial charge in [-0.05, 0) is 37.1 Å². The Balaban J connectivity index is 1.63. The van der Waals surface area contributed by atoms with E-state index in [0.717, 1.165) is 4.47 Å². The molecular formula is C24H23Br2N7O5. The molecule has 0 saturated carbocycles. The van der Waals surface area contributed by atoms with Gasteiger partial charge in [0.1, 0.15) is 17.7 Å². The fraction of sp³-hybridized carbons (Fsp3) is 0.250. The highest BCUT2D eigenvalue weighted by atomic mass is 79.9. The van der Waals surface area contributed by atoms with E-state index in [1.807, 2.05) is 6.07 Å². The van der Waals surface area contributed by atoms with Crippen molar-refractivity contribution in [2.75, 3.05) is 6.54 Å². The van der Waals surface area contributed by atoms with E-state index in [2.05, 4.69) is 57.6 Å². The van der Waals surface area contributed by atoms with Crippen LogP contribution in [0.25, 0.3) is 21.8 Å². The number of fused-ring (bicyclic) bond motifs is 2. The molecule has 2 aromatic heterocycles. The molecule has 1 aliphatic heterocycles. The molecule has 2 aromatic carbocycles. The molecule has 1 aliphatic rings. The molecule has 5 rings (SSSR count). The first kappa shape index (κ1) is 26.0. The number of nitrogens with two attached hydrogens (primary N) is 2. The van der Waals surface area contributed by atoms with Gasteiger partial charge in [0.05, 0.1) is 10.9 Å². The van der Waals surface area contributed by atoms with E-state index in [1.165, 1.54) is 6.07 Å². The van der Waals surface area contributed by atoms with Crippen molar-refractivity contribution in [3.8, 4) is 0 Å². The molecular weight excluding hydrogens is 626 g/mol. The molecule has 0 aliphatic carbocycles. The second kappa shape index (κ2) is 9.93. The van der Waals surface area contributed by atoms with Crippen molar-refractivity contribution in [3.05, 3.63) is 67.0 Å². The summed E-state index contributed by atoms with van der Waals surface area (Å²) in [5, 5.41) is 21.4. The molecule has 198 valence electrons. The third-order valence-corrected chi connectivity index (χ3v) is 7.75. The van der Waals surface area contributed by atoms with Gasteiger partial charge in [0.2, 0.25) is 11.8 Å². The number of piperazine rings is 1. The van der Waals surface area contributed by atoms with Gasteiger partial charge in [0, 0.05) is 43.7 Å². The van der Waals surface area contributed by atoms with Crippen LogP contribution in [0.2, 0.25) is 0 Å². The lowest BCUT2D eigenvalue weighted by molar-refractivity contribution is -0.143. The van der Waals surface area contributed by atoms with Crippen LogP contribution >= 0.6 is 31.9 Å². The zero-order chi connectivity index (χ0) is 27.2. The van der Waals surface area contributed by atoms with Crippen molar-refractivity contribution in [3.63, 3.8) is 0 Å². The minimum atomic E-state index is -2.15. The molecule has 0 spiro atoms. The van der Waals surface area contributed by atoms with E-state index in [-0.39, 0.29) is 28.8 Å². The van der Waals surface area contributed by atoms with Gasteiger partial charge in [0.25, 0.3) is 0 Å². The standard InChI is InChI=1S/C24H23Br2N7O5/c25-10-3-4-11-13(9-30-16(11)8-10)24(37,17-14(26)6-5-12-18(17)33-38-22(12)36)19-21(35)31-15(20(34)32-19)2-1-7-29-23(27)28/h3-6,8-9,15,19,30,33,37H,1-2,7H2,(H,31,35)(H,32,34)(H4,27,28,29)/t15-,19+,24?/m0/s1. The molecule has 0 bridgehead atoms. The Morgan fingerprint density at radius 3 is 2.61 bits per heavy atom. The Morgan fingerprint density at radius 2 is 1.84 bits per heavy atom. The highest BCUT2D eigenvalue weighted by Crippen LogP contribution is 2.44. The Bertz CT molecular complexity index is 1650. The maximum Gasteiger partial charge on any atom is 0.365 e. The number of aliphatic hydroxyl groups is 1. The van der Waals surface area contributed by atoms with Crippen molar-refractivity contribution in [2.24, 2.45) is 16.5 Å². The summed E-state index contributed by atoms with van der Waals surface area (Å²) >= 11 is 6.91. The van der Waals surface area contributed by atoms with Crippen molar-refractivity contribution in [2.45, 2.75) is 30.5 Å². The Kier molecular flexibility index (Phi) is 6.79. The second-order valence-electron chi connectivity index (χ2n) is 8.95. The topological polar surface area (TPSA) is 205 Å². The highest BCUT2D eigenvalue weighted by molar-refractivity contribution is 9.10. The largest absolute Gasteiger partial charge is 0.377 e. The number of aromatic nitrogens is 2. The first-order valence-electron chi connectivity index (χ1n) is 11.6. The number of aromatic amines is 2. The van der Waals surface area contributed by atoms with Gasteiger partial charge in [-0.15, -0.1) is 0 Å². The van der Waals surface area contributed by atoms with Crippen LogP contribution in [-0.4, -0.2) is 51.6 Å². The quantitative estimate of drug-likeness (QED) is 0.0890. The number of halogens is 2. The summed E-state index contributed by atoms with van der Waals surface area (Å²) in [5.41, 5.74) is 9.21. The monoisotopic (exact) mass is 647 g/mol. The predicted octanol–water partition coefficient (Wildman–Crippen LogP) is 1.40. The number of hydrogen-bond acceptors (Lipinski definition) is 6. The minimum absolute atomic E-state index is 0.0601. The molecule has 1 unspecified atom stereocenters. The van der Waals surface area contributed by atoms with Gasteiger partial charge in [0.15, 0.2) is 5.96 Å². The van der Waals surface area contributed by atoms with E-state index >= 15 is 0 Å². The summed E-state index contributed by atoms with van der Waals surface area (Å²) in [4.78, 5) is 46.1. The maximum absolute atomic E-state index is 13.6. The molecule has 14 heteroatoms. The zero-order valence-corrected chi connectivity index (χ0v) is 22.9. The Morgan fingerprint density at radius 1 is 1.08 bits per heavy atom. The number of rotatable bonds is 7. The van der Waals surface area contributed by atoms with Crippen LogP contribution in [-0.2, 0) is 15.2 Å².